The zero-order chi connectivity index (χ0) is 29.7. The Hall–Kier alpha value is -3.04. The van der Waals surface area contributed by atoms with E-state index in [1.54, 1.807) is 0 Å². The molecular formula is C34H46N2O6. The van der Waals surface area contributed by atoms with Crippen LogP contribution in [0.15, 0.2) is 61.2 Å². The van der Waals surface area contributed by atoms with E-state index in [0.29, 0.717) is 31.8 Å². The van der Waals surface area contributed by atoms with Gasteiger partial charge in [-0.25, -0.2) is 0 Å². The molecule has 8 heteroatoms. The molecule has 1 heterocycles. The zero-order valence-electron chi connectivity index (χ0n) is 24.6. The molecule has 8 nitrogen and oxygen atoms in total. The highest BCUT2D eigenvalue weighted by Gasteiger charge is 2.34. The molecule has 0 aromatic heterocycles. The fourth-order valence-corrected chi connectivity index (χ4v) is 5.92. The first-order valence-electron chi connectivity index (χ1n) is 15.4. The molecule has 1 aliphatic carbocycles. The Morgan fingerprint density at radius 3 is 2.26 bits per heavy atom. The molecule has 228 valence electrons. The van der Waals surface area contributed by atoms with Gasteiger partial charge in [0.15, 0.2) is 6.29 Å². The predicted molar refractivity (Wildman–Crippen MR) is 161 cm³/mol. The summed E-state index contributed by atoms with van der Waals surface area (Å²) in [6.07, 6.45) is 9.60. The van der Waals surface area contributed by atoms with E-state index in [9.17, 15) is 14.7 Å². The van der Waals surface area contributed by atoms with Gasteiger partial charge in [-0.15, -0.1) is 6.58 Å². The summed E-state index contributed by atoms with van der Waals surface area (Å²) in [5.74, 6) is -0.828. The van der Waals surface area contributed by atoms with Crippen molar-refractivity contribution in [2.75, 3.05) is 13.1 Å². The van der Waals surface area contributed by atoms with Crippen LogP contribution < -0.4 is 5.32 Å². The van der Waals surface area contributed by atoms with Gasteiger partial charge in [0.1, 0.15) is 0 Å². The Balaban J connectivity index is 1.38. The van der Waals surface area contributed by atoms with E-state index < -0.39 is 12.3 Å². The summed E-state index contributed by atoms with van der Waals surface area (Å²) in [4.78, 5) is 25.3. The predicted octanol–water partition coefficient (Wildman–Crippen LogP) is 5.81. The summed E-state index contributed by atoms with van der Waals surface area (Å²) in [6, 6.07) is 16.5. The third kappa shape index (κ3) is 9.76. The number of nitrogens with zero attached hydrogens (tertiary/aromatic N) is 1. The molecule has 42 heavy (non-hydrogen) atoms. The number of carboxylic acids is 1. The summed E-state index contributed by atoms with van der Waals surface area (Å²) >= 11 is 0. The van der Waals surface area contributed by atoms with E-state index >= 15 is 0 Å². The van der Waals surface area contributed by atoms with E-state index in [2.05, 4.69) is 16.8 Å². The van der Waals surface area contributed by atoms with Crippen LogP contribution in [0, 0.1) is 0 Å². The average molecular weight is 579 g/mol. The Labute approximate surface area is 249 Å². The number of benzene rings is 2. The lowest BCUT2D eigenvalue weighted by molar-refractivity contribution is -0.253. The molecule has 2 aliphatic rings. The molecule has 1 saturated heterocycles. The fourth-order valence-electron chi connectivity index (χ4n) is 5.92. The molecule has 1 amide bonds. The molecule has 2 fully saturated rings. The van der Waals surface area contributed by atoms with E-state index in [1.165, 1.54) is 25.7 Å². The fraction of sp³-hybridized carbons (Fsp3) is 0.529. The van der Waals surface area contributed by atoms with Crippen LogP contribution >= 0.6 is 0 Å². The smallest absolute Gasteiger partial charge is 0.303 e. The van der Waals surface area contributed by atoms with E-state index in [4.69, 9.17) is 14.6 Å². The summed E-state index contributed by atoms with van der Waals surface area (Å²) in [6.45, 7) is 6.10. The second-order valence-corrected chi connectivity index (χ2v) is 11.5. The molecular weight excluding hydrogens is 532 g/mol. The topological polar surface area (TPSA) is 108 Å². The Morgan fingerprint density at radius 1 is 0.929 bits per heavy atom. The van der Waals surface area contributed by atoms with Crippen molar-refractivity contribution in [3.8, 4) is 0 Å². The molecule has 3 N–H and O–H groups in total. The number of aliphatic hydroxyl groups excluding tert-OH is 1. The molecule has 1 saturated carbocycles. The van der Waals surface area contributed by atoms with Crippen molar-refractivity contribution in [3.63, 3.8) is 0 Å². The maximum Gasteiger partial charge on any atom is 0.303 e. The summed E-state index contributed by atoms with van der Waals surface area (Å²) in [5.41, 5.74) is 3.86. The lowest BCUT2D eigenvalue weighted by atomic mass is 9.99. The van der Waals surface area contributed by atoms with Gasteiger partial charge in [0.2, 0.25) is 5.91 Å². The molecule has 2 aromatic carbocycles. The molecule has 0 unspecified atom stereocenters. The molecule has 0 bridgehead atoms. The van der Waals surface area contributed by atoms with Gasteiger partial charge in [0.25, 0.3) is 0 Å². The van der Waals surface area contributed by atoms with Crippen molar-refractivity contribution < 1.29 is 29.3 Å². The van der Waals surface area contributed by atoms with Gasteiger partial charge >= 0.3 is 5.97 Å². The van der Waals surface area contributed by atoms with Crippen LogP contribution in [-0.2, 0) is 32.2 Å². The van der Waals surface area contributed by atoms with Crippen LogP contribution in [0.4, 0.5) is 0 Å². The minimum atomic E-state index is -0.798. The van der Waals surface area contributed by atoms with Crippen LogP contribution in [0.5, 0.6) is 0 Å². The van der Waals surface area contributed by atoms with Crippen molar-refractivity contribution in [1.29, 1.82) is 0 Å². The monoisotopic (exact) mass is 578 g/mol. The minimum absolute atomic E-state index is 0.0116. The van der Waals surface area contributed by atoms with Crippen LogP contribution in [0.3, 0.4) is 0 Å². The second kappa shape index (κ2) is 16.6. The Bertz CT molecular complexity index is 1130. The first-order chi connectivity index (χ1) is 20.4. The highest BCUT2D eigenvalue weighted by atomic mass is 16.7. The summed E-state index contributed by atoms with van der Waals surface area (Å²) < 4.78 is 13.1. The molecule has 2 aromatic rings. The number of amides is 1. The summed E-state index contributed by atoms with van der Waals surface area (Å²) in [7, 11) is 0. The maximum atomic E-state index is 12.2. The number of rotatable bonds is 16. The van der Waals surface area contributed by atoms with Crippen molar-refractivity contribution in [1.82, 2.24) is 10.2 Å². The maximum absolute atomic E-state index is 12.2. The number of unbranched alkanes of at least 4 members (excludes halogenated alkanes) is 2. The van der Waals surface area contributed by atoms with Gasteiger partial charge in [0, 0.05) is 50.5 Å². The molecule has 4 rings (SSSR count). The summed E-state index contributed by atoms with van der Waals surface area (Å²) in [5, 5.41) is 21.2. The van der Waals surface area contributed by atoms with Crippen LogP contribution in [0.2, 0.25) is 0 Å². The number of carbonyl (C=O) groups excluding carboxylic acids is 1. The number of aliphatic carboxylic acids is 1. The SMILES string of the molecule is C=CCN(C[C@@H]1C[C@H](c2ccc(CO)cc2)O[C@H](c2ccc(CNC(=O)CCCCCC(=O)O)cc2)O1)C1CCCC1. The quantitative estimate of drug-likeness (QED) is 0.171. The number of hydrogen-bond acceptors (Lipinski definition) is 6. The number of hydrogen-bond donors (Lipinski definition) is 3. The number of nitrogens with one attached hydrogen (secondary N) is 1. The standard InChI is InChI=1S/C34H46N2O6/c1-2-20-36(29-8-6-7-9-29)23-30-21-31(27-16-14-26(24-37)15-17-27)42-34(41-30)28-18-12-25(13-19-28)22-35-32(38)10-4-3-5-11-33(39)40/h2,12-19,29-31,34,37H,1,3-11,20-24H2,(H,35,38)(H,39,40)/t30-,31+,34+/m0/s1. The lowest BCUT2D eigenvalue weighted by Gasteiger charge is -2.39. The van der Waals surface area contributed by atoms with Gasteiger partial charge in [-0.2, -0.15) is 0 Å². The van der Waals surface area contributed by atoms with Crippen LogP contribution in [0.1, 0.15) is 98.9 Å². The average Bonchev–Trinajstić information content (AvgIpc) is 3.55. The van der Waals surface area contributed by atoms with E-state index in [0.717, 1.165) is 48.2 Å². The number of ether oxygens (including phenoxy) is 2. The largest absolute Gasteiger partial charge is 0.481 e. The number of aliphatic hydroxyl groups is 1. The van der Waals surface area contributed by atoms with E-state index in [1.807, 2.05) is 54.6 Å². The first kappa shape index (κ1) is 31.9. The van der Waals surface area contributed by atoms with Gasteiger partial charge < -0.3 is 25.0 Å². The molecule has 1 aliphatic heterocycles. The van der Waals surface area contributed by atoms with Gasteiger partial charge in [0.05, 0.1) is 18.8 Å². The Kier molecular flexibility index (Phi) is 12.6. The van der Waals surface area contributed by atoms with Crippen molar-refractivity contribution in [2.24, 2.45) is 0 Å². The third-order valence-electron chi connectivity index (χ3n) is 8.29. The molecule has 0 spiro atoms. The first-order valence-corrected chi connectivity index (χ1v) is 15.4. The van der Waals surface area contributed by atoms with Crippen molar-refractivity contribution in [2.45, 2.75) is 102 Å². The molecule has 3 atom stereocenters. The highest BCUT2D eigenvalue weighted by Crippen LogP contribution is 2.39. The number of carboxylic acid groups (broad SMARTS) is 1. The van der Waals surface area contributed by atoms with Gasteiger partial charge in [-0.05, 0) is 42.4 Å². The minimum Gasteiger partial charge on any atom is -0.481 e. The highest BCUT2D eigenvalue weighted by molar-refractivity contribution is 5.75. The van der Waals surface area contributed by atoms with E-state index in [-0.39, 0.29) is 31.1 Å². The van der Waals surface area contributed by atoms with Crippen molar-refractivity contribution >= 4 is 11.9 Å². The zero-order valence-corrected chi connectivity index (χ0v) is 24.6. The van der Waals surface area contributed by atoms with Gasteiger partial charge in [-0.1, -0.05) is 73.9 Å². The lowest BCUT2D eigenvalue weighted by Crippen LogP contribution is -2.43. The van der Waals surface area contributed by atoms with Crippen molar-refractivity contribution in [3.05, 3.63) is 83.4 Å². The molecule has 0 radical (unpaired) electrons. The van der Waals surface area contributed by atoms with Gasteiger partial charge in [-0.3, -0.25) is 14.5 Å². The number of carbonyl (C=O) groups is 2. The normalized spacial score (nSPS) is 21.0. The Morgan fingerprint density at radius 2 is 1.60 bits per heavy atom. The third-order valence-corrected chi connectivity index (χ3v) is 8.29. The van der Waals surface area contributed by atoms with Crippen LogP contribution in [-0.4, -0.2) is 52.2 Å². The second-order valence-electron chi connectivity index (χ2n) is 11.5. The van der Waals surface area contributed by atoms with Crippen LogP contribution in [0.25, 0.3) is 0 Å².